The zero-order chi connectivity index (χ0) is 6.95. The van der Waals surface area contributed by atoms with Crippen LogP contribution in [0, 0.1) is 11.3 Å². The molecule has 0 saturated heterocycles. The van der Waals surface area contributed by atoms with Crippen molar-refractivity contribution in [2.75, 3.05) is 6.67 Å². The highest BCUT2D eigenvalue weighted by Gasteiger charge is 1.79. The predicted molar refractivity (Wildman–Crippen MR) is 34.6 cm³/mol. The summed E-state index contributed by atoms with van der Waals surface area (Å²) in [7, 11) is 0. The van der Waals surface area contributed by atoms with Crippen LogP contribution in [-0.4, -0.2) is 6.67 Å². The number of hydrogen-bond acceptors (Lipinski definition) is 1. The Hall–Kier alpha value is -0.840. The molecule has 0 unspecified atom stereocenters. The molecule has 9 heavy (non-hydrogen) atoms. The molecule has 0 N–H and O–H groups in total. The van der Waals surface area contributed by atoms with Crippen molar-refractivity contribution in [3.8, 4) is 6.07 Å². The van der Waals surface area contributed by atoms with Gasteiger partial charge in [-0.25, -0.2) is 4.39 Å². The summed E-state index contributed by atoms with van der Waals surface area (Å²) < 4.78 is 11.4. The summed E-state index contributed by atoms with van der Waals surface area (Å²) in [5.41, 5.74) is 0. The number of nitriles is 1. The first-order valence-electron chi connectivity index (χ1n) is 2.99. The van der Waals surface area contributed by atoms with Crippen molar-refractivity contribution in [2.24, 2.45) is 0 Å². The molecule has 0 aliphatic carbocycles. The number of unbranched alkanes of at least 4 members (excludes halogenated alkanes) is 2. The molecule has 0 aliphatic rings. The summed E-state index contributed by atoms with van der Waals surface area (Å²) in [6.07, 6.45) is 5.45. The summed E-state index contributed by atoms with van der Waals surface area (Å²) in [6.45, 7) is -0.396. The molecule has 0 amide bonds. The van der Waals surface area contributed by atoms with Gasteiger partial charge in [-0.3, -0.25) is 0 Å². The lowest BCUT2D eigenvalue weighted by Crippen LogP contribution is -1.69. The van der Waals surface area contributed by atoms with E-state index in [9.17, 15) is 4.39 Å². The minimum atomic E-state index is -0.396. The number of allylic oxidation sites excluding steroid dienone is 2. The molecule has 0 saturated carbocycles. The van der Waals surface area contributed by atoms with Crippen molar-refractivity contribution in [2.45, 2.75) is 19.3 Å². The second-order valence-electron chi connectivity index (χ2n) is 1.68. The van der Waals surface area contributed by atoms with E-state index in [2.05, 4.69) is 0 Å². The van der Waals surface area contributed by atoms with Gasteiger partial charge >= 0.3 is 0 Å². The fourth-order valence-corrected chi connectivity index (χ4v) is 0.480. The first-order valence-corrected chi connectivity index (χ1v) is 2.99. The second kappa shape index (κ2) is 7.16. The van der Waals surface area contributed by atoms with E-state index in [1.807, 2.05) is 6.07 Å². The van der Waals surface area contributed by atoms with Gasteiger partial charge in [0.1, 0.15) is 6.67 Å². The summed E-state index contributed by atoms with van der Waals surface area (Å²) >= 11 is 0. The van der Waals surface area contributed by atoms with Crippen molar-refractivity contribution in [3.63, 3.8) is 0 Å². The summed E-state index contributed by atoms with van der Waals surface area (Å²) in [5.74, 6) is 0. The van der Waals surface area contributed by atoms with Gasteiger partial charge < -0.3 is 0 Å². The third-order valence-corrected chi connectivity index (χ3v) is 0.915. The smallest absolute Gasteiger partial charge is 0.108 e. The van der Waals surface area contributed by atoms with E-state index in [-0.39, 0.29) is 0 Å². The van der Waals surface area contributed by atoms with E-state index < -0.39 is 6.67 Å². The lowest BCUT2D eigenvalue weighted by molar-refractivity contribution is 0.560. The predicted octanol–water partition coefficient (Wildman–Crippen LogP) is 2.21. The van der Waals surface area contributed by atoms with Crippen molar-refractivity contribution >= 4 is 0 Å². The van der Waals surface area contributed by atoms with Crippen LogP contribution >= 0.6 is 0 Å². The van der Waals surface area contributed by atoms with Crippen LogP contribution in [0.4, 0.5) is 4.39 Å². The highest BCUT2D eigenvalue weighted by atomic mass is 19.1. The topological polar surface area (TPSA) is 23.8 Å². The highest BCUT2D eigenvalue weighted by molar-refractivity contribution is 4.82. The molecule has 0 aromatic rings. The van der Waals surface area contributed by atoms with Crippen LogP contribution in [-0.2, 0) is 0 Å². The van der Waals surface area contributed by atoms with E-state index in [4.69, 9.17) is 5.26 Å². The Morgan fingerprint density at radius 1 is 1.44 bits per heavy atom. The van der Waals surface area contributed by atoms with E-state index in [0.29, 0.717) is 6.42 Å². The molecule has 0 fully saturated rings. The highest BCUT2D eigenvalue weighted by Crippen LogP contribution is 1.94. The fourth-order valence-electron chi connectivity index (χ4n) is 0.480. The first-order chi connectivity index (χ1) is 4.41. The second-order valence-corrected chi connectivity index (χ2v) is 1.68. The SMILES string of the molecule is N#CCCCC=CCF. The normalized spacial score (nSPS) is 9.78. The van der Waals surface area contributed by atoms with Crippen LogP contribution in [0.2, 0.25) is 0 Å². The Kier molecular flexibility index (Phi) is 6.49. The van der Waals surface area contributed by atoms with Crippen molar-refractivity contribution in [3.05, 3.63) is 12.2 Å². The van der Waals surface area contributed by atoms with Gasteiger partial charge in [0.2, 0.25) is 0 Å². The maximum Gasteiger partial charge on any atom is 0.108 e. The average Bonchev–Trinajstić information content (AvgIpc) is 1.89. The van der Waals surface area contributed by atoms with Crippen LogP contribution in [0.5, 0.6) is 0 Å². The molecule has 0 heterocycles. The molecule has 0 atom stereocenters. The Balaban J connectivity index is 2.92. The maximum atomic E-state index is 11.4. The van der Waals surface area contributed by atoms with Gasteiger partial charge in [-0.05, 0) is 12.8 Å². The van der Waals surface area contributed by atoms with Crippen molar-refractivity contribution in [1.29, 1.82) is 5.26 Å². The Bertz CT molecular complexity index is 113. The Morgan fingerprint density at radius 2 is 2.22 bits per heavy atom. The molecule has 2 heteroatoms. The van der Waals surface area contributed by atoms with Gasteiger partial charge in [0.05, 0.1) is 6.07 Å². The van der Waals surface area contributed by atoms with Gasteiger partial charge in [0, 0.05) is 6.42 Å². The number of rotatable bonds is 4. The summed E-state index contributed by atoms with van der Waals surface area (Å²) in [6, 6.07) is 2.02. The molecule has 0 rings (SSSR count). The zero-order valence-electron chi connectivity index (χ0n) is 5.31. The molecule has 0 aromatic heterocycles. The van der Waals surface area contributed by atoms with Gasteiger partial charge in [-0.15, -0.1) is 0 Å². The number of nitrogens with zero attached hydrogens (tertiary/aromatic N) is 1. The van der Waals surface area contributed by atoms with Crippen molar-refractivity contribution < 1.29 is 4.39 Å². The maximum absolute atomic E-state index is 11.4. The Labute approximate surface area is 54.8 Å². The van der Waals surface area contributed by atoms with Crippen LogP contribution in [0.3, 0.4) is 0 Å². The summed E-state index contributed by atoms with van der Waals surface area (Å²) in [5, 5.41) is 8.07. The summed E-state index contributed by atoms with van der Waals surface area (Å²) in [4.78, 5) is 0. The van der Waals surface area contributed by atoms with Crippen molar-refractivity contribution in [1.82, 2.24) is 0 Å². The molecule has 0 radical (unpaired) electrons. The number of hydrogen-bond donors (Lipinski definition) is 0. The Morgan fingerprint density at radius 3 is 2.78 bits per heavy atom. The van der Waals surface area contributed by atoms with Crippen LogP contribution in [0.15, 0.2) is 12.2 Å². The molecule has 0 aromatic carbocycles. The van der Waals surface area contributed by atoms with E-state index in [0.717, 1.165) is 12.8 Å². The number of alkyl halides is 1. The molecule has 0 aliphatic heterocycles. The van der Waals surface area contributed by atoms with E-state index >= 15 is 0 Å². The molecular formula is C7H10FN. The largest absolute Gasteiger partial charge is 0.247 e. The third-order valence-electron chi connectivity index (χ3n) is 0.915. The van der Waals surface area contributed by atoms with Gasteiger partial charge in [0.25, 0.3) is 0 Å². The first kappa shape index (κ1) is 8.16. The average molecular weight is 127 g/mol. The van der Waals surface area contributed by atoms with Gasteiger partial charge in [-0.2, -0.15) is 5.26 Å². The van der Waals surface area contributed by atoms with Gasteiger partial charge in [-0.1, -0.05) is 12.2 Å². The lowest BCUT2D eigenvalue weighted by Gasteiger charge is -1.83. The third kappa shape index (κ3) is 7.16. The molecule has 50 valence electrons. The minimum absolute atomic E-state index is 0.396. The molecule has 1 nitrogen and oxygen atoms in total. The van der Waals surface area contributed by atoms with Crippen LogP contribution < -0.4 is 0 Å². The monoisotopic (exact) mass is 127 g/mol. The zero-order valence-corrected chi connectivity index (χ0v) is 5.31. The van der Waals surface area contributed by atoms with E-state index in [1.54, 1.807) is 6.08 Å². The number of halogens is 1. The lowest BCUT2D eigenvalue weighted by atomic mass is 10.2. The quantitative estimate of drug-likeness (QED) is 0.419. The van der Waals surface area contributed by atoms with E-state index in [1.165, 1.54) is 6.08 Å². The van der Waals surface area contributed by atoms with Crippen LogP contribution in [0.1, 0.15) is 19.3 Å². The molecule has 0 bridgehead atoms. The molecular weight excluding hydrogens is 117 g/mol. The standard InChI is InChI=1S/C7H10FN/c8-6-4-2-1-3-5-7-9/h2,4H,1,3,5-6H2. The fraction of sp³-hybridized carbons (Fsp3) is 0.571. The van der Waals surface area contributed by atoms with Crippen LogP contribution in [0.25, 0.3) is 0 Å². The molecule has 0 spiro atoms. The van der Waals surface area contributed by atoms with Gasteiger partial charge in [0.15, 0.2) is 0 Å². The minimum Gasteiger partial charge on any atom is -0.247 e.